The highest BCUT2D eigenvalue weighted by atomic mass is 35.5. The van der Waals surface area contributed by atoms with Crippen molar-refractivity contribution in [2.45, 2.75) is 24.6 Å². The first-order chi connectivity index (χ1) is 6.17. The fourth-order valence-corrected chi connectivity index (χ4v) is 2.29. The van der Waals surface area contributed by atoms with Crippen molar-refractivity contribution in [1.29, 1.82) is 0 Å². The van der Waals surface area contributed by atoms with Gasteiger partial charge in [-0.3, -0.25) is 0 Å². The topological polar surface area (TPSA) is 30.2 Å². The maximum absolute atomic E-state index is 6.24. The summed E-state index contributed by atoms with van der Waals surface area (Å²) in [5, 5.41) is 5.32. The number of hydrogen-bond donors (Lipinski definition) is 0. The van der Waals surface area contributed by atoms with E-state index >= 15 is 0 Å². The van der Waals surface area contributed by atoms with Crippen LogP contribution in [0.2, 0.25) is 0 Å². The van der Waals surface area contributed by atoms with Crippen molar-refractivity contribution >= 4 is 27.9 Å². The molecule has 1 saturated carbocycles. The monoisotopic (exact) mass is 213 g/mol. The third-order valence-electron chi connectivity index (χ3n) is 2.29. The Morgan fingerprint density at radius 3 is 3.00 bits per heavy atom. The predicted octanol–water partition coefficient (Wildman–Crippen LogP) is 2.33. The van der Waals surface area contributed by atoms with Crippen LogP contribution in [0.15, 0.2) is 6.20 Å². The Morgan fingerprint density at radius 1 is 1.62 bits per heavy atom. The summed E-state index contributed by atoms with van der Waals surface area (Å²) < 4.78 is 1.82. The maximum Gasteiger partial charge on any atom is 0.212 e. The molecule has 5 heteroatoms. The van der Waals surface area contributed by atoms with E-state index in [0.717, 1.165) is 28.5 Å². The fourth-order valence-electron chi connectivity index (χ4n) is 1.38. The molecular weight excluding hydrogens is 206 g/mol. The molecular formula is C8H8ClN3S. The van der Waals surface area contributed by atoms with Gasteiger partial charge in [0.1, 0.15) is 5.01 Å². The minimum Gasteiger partial charge on any atom is -0.221 e. The van der Waals surface area contributed by atoms with E-state index in [1.165, 1.54) is 0 Å². The van der Waals surface area contributed by atoms with E-state index in [-0.39, 0.29) is 4.87 Å². The standard InChI is InChI=1S/C8H8ClN3S/c1-5-11-12-4-6(8(9)2-3-8)10-7(12)13-5/h4H,2-3H2,1H3. The minimum atomic E-state index is -0.165. The van der Waals surface area contributed by atoms with Crippen LogP contribution in [-0.2, 0) is 4.87 Å². The molecule has 1 fully saturated rings. The zero-order chi connectivity index (χ0) is 9.05. The first-order valence-corrected chi connectivity index (χ1v) is 5.39. The van der Waals surface area contributed by atoms with Crippen LogP contribution in [0.25, 0.3) is 4.96 Å². The summed E-state index contributed by atoms with van der Waals surface area (Å²) in [6.07, 6.45) is 4.02. The zero-order valence-corrected chi connectivity index (χ0v) is 8.69. The molecule has 0 bridgehead atoms. The highest BCUT2D eigenvalue weighted by Crippen LogP contribution is 2.51. The Hall–Kier alpha value is -0.610. The number of nitrogens with zero attached hydrogens (tertiary/aromatic N) is 3. The normalized spacial score (nSPS) is 19.5. The van der Waals surface area contributed by atoms with Gasteiger partial charge < -0.3 is 0 Å². The molecule has 1 aliphatic carbocycles. The molecule has 3 rings (SSSR count). The Kier molecular flexibility index (Phi) is 1.34. The van der Waals surface area contributed by atoms with Crippen LogP contribution >= 0.6 is 22.9 Å². The molecule has 2 aromatic rings. The molecule has 68 valence electrons. The van der Waals surface area contributed by atoms with Gasteiger partial charge in [0.2, 0.25) is 4.96 Å². The molecule has 0 N–H and O–H groups in total. The van der Waals surface area contributed by atoms with E-state index in [1.807, 2.05) is 17.6 Å². The van der Waals surface area contributed by atoms with Gasteiger partial charge in [0, 0.05) is 0 Å². The highest BCUT2D eigenvalue weighted by Gasteiger charge is 2.44. The Balaban J connectivity index is 2.18. The number of fused-ring (bicyclic) bond motifs is 1. The molecule has 0 atom stereocenters. The second-order valence-electron chi connectivity index (χ2n) is 3.44. The van der Waals surface area contributed by atoms with Crippen LogP contribution < -0.4 is 0 Å². The lowest BCUT2D eigenvalue weighted by Crippen LogP contribution is -1.95. The van der Waals surface area contributed by atoms with E-state index in [1.54, 1.807) is 11.3 Å². The van der Waals surface area contributed by atoms with Crippen molar-refractivity contribution < 1.29 is 0 Å². The van der Waals surface area contributed by atoms with E-state index in [4.69, 9.17) is 11.6 Å². The quantitative estimate of drug-likeness (QED) is 0.681. The Labute approximate surface area is 84.4 Å². The van der Waals surface area contributed by atoms with Gasteiger partial charge in [-0.05, 0) is 19.8 Å². The van der Waals surface area contributed by atoms with Gasteiger partial charge in [-0.2, -0.15) is 5.10 Å². The molecule has 0 unspecified atom stereocenters. The van der Waals surface area contributed by atoms with Gasteiger partial charge in [-0.1, -0.05) is 11.3 Å². The van der Waals surface area contributed by atoms with Gasteiger partial charge in [0.15, 0.2) is 0 Å². The van der Waals surface area contributed by atoms with Crippen molar-refractivity contribution in [3.63, 3.8) is 0 Å². The molecule has 0 amide bonds. The Morgan fingerprint density at radius 2 is 2.38 bits per heavy atom. The second kappa shape index (κ2) is 2.25. The van der Waals surface area contributed by atoms with E-state index < -0.39 is 0 Å². The van der Waals surface area contributed by atoms with Crippen LogP contribution in [0.1, 0.15) is 23.5 Å². The lowest BCUT2D eigenvalue weighted by atomic mass is 10.3. The predicted molar refractivity (Wildman–Crippen MR) is 52.4 cm³/mol. The third kappa shape index (κ3) is 1.09. The largest absolute Gasteiger partial charge is 0.221 e. The number of aryl methyl sites for hydroxylation is 1. The van der Waals surface area contributed by atoms with Crippen LogP contribution in [0, 0.1) is 6.92 Å². The molecule has 0 aromatic carbocycles. The SMILES string of the molecule is Cc1nn2cc(C3(Cl)CC3)nc2s1. The molecule has 3 nitrogen and oxygen atoms in total. The second-order valence-corrected chi connectivity index (χ2v) is 5.32. The molecule has 0 aliphatic heterocycles. The average molecular weight is 214 g/mol. The number of halogens is 1. The third-order valence-corrected chi connectivity index (χ3v) is 3.70. The average Bonchev–Trinajstić information content (AvgIpc) is 2.53. The number of imidazole rings is 1. The molecule has 2 heterocycles. The van der Waals surface area contributed by atoms with Gasteiger partial charge >= 0.3 is 0 Å². The molecule has 0 radical (unpaired) electrons. The van der Waals surface area contributed by atoms with Crippen LogP contribution in [0.4, 0.5) is 0 Å². The van der Waals surface area contributed by atoms with Crippen molar-refractivity contribution in [3.05, 3.63) is 16.9 Å². The summed E-state index contributed by atoms with van der Waals surface area (Å²) >= 11 is 7.84. The smallest absolute Gasteiger partial charge is 0.212 e. The molecule has 0 spiro atoms. The van der Waals surface area contributed by atoms with Crippen molar-refractivity contribution in [3.8, 4) is 0 Å². The van der Waals surface area contributed by atoms with E-state index in [2.05, 4.69) is 10.1 Å². The van der Waals surface area contributed by atoms with Gasteiger partial charge in [0.05, 0.1) is 16.8 Å². The number of hydrogen-bond acceptors (Lipinski definition) is 3. The van der Waals surface area contributed by atoms with Crippen molar-refractivity contribution in [2.24, 2.45) is 0 Å². The molecule has 0 saturated heterocycles. The molecule has 1 aliphatic rings. The van der Waals surface area contributed by atoms with E-state index in [0.29, 0.717) is 0 Å². The van der Waals surface area contributed by atoms with Gasteiger partial charge in [0.25, 0.3) is 0 Å². The fraction of sp³-hybridized carbons (Fsp3) is 0.500. The van der Waals surface area contributed by atoms with E-state index in [9.17, 15) is 0 Å². The zero-order valence-electron chi connectivity index (χ0n) is 7.12. The minimum absolute atomic E-state index is 0.165. The lowest BCUT2D eigenvalue weighted by Gasteiger charge is -1.97. The summed E-state index contributed by atoms with van der Waals surface area (Å²) in [6, 6.07) is 0. The van der Waals surface area contributed by atoms with Crippen LogP contribution in [0.3, 0.4) is 0 Å². The number of rotatable bonds is 1. The summed E-state index contributed by atoms with van der Waals surface area (Å²) in [7, 11) is 0. The van der Waals surface area contributed by atoms with Crippen LogP contribution in [-0.4, -0.2) is 14.6 Å². The van der Waals surface area contributed by atoms with Crippen molar-refractivity contribution in [1.82, 2.24) is 14.6 Å². The summed E-state index contributed by atoms with van der Waals surface area (Å²) in [4.78, 5) is 5.23. The summed E-state index contributed by atoms with van der Waals surface area (Å²) in [5.41, 5.74) is 0.980. The number of alkyl halides is 1. The number of aromatic nitrogens is 3. The summed E-state index contributed by atoms with van der Waals surface area (Å²) in [5.74, 6) is 0. The molecule has 13 heavy (non-hydrogen) atoms. The van der Waals surface area contributed by atoms with Crippen molar-refractivity contribution in [2.75, 3.05) is 0 Å². The Bertz CT molecular complexity index is 437. The lowest BCUT2D eigenvalue weighted by molar-refractivity contribution is 0.919. The van der Waals surface area contributed by atoms with Crippen LogP contribution in [0.5, 0.6) is 0 Å². The summed E-state index contributed by atoms with van der Waals surface area (Å²) in [6.45, 7) is 1.98. The van der Waals surface area contributed by atoms with Gasteiger partial charge in [-0.15, -0.1) is 11.6 Å². The first kappa shape index (κ1) is 7.76. The first-order valence-electron chi connectivity index (χ1n) is 4.20. The van der Waals surface area contributed by atoms with Gasteiger partial charge in [-0.25, -0.2) is 9.50 Å². The highest BCUT2D eigenvalue weighted by molar-refractivity contribution is 7.16. The molecule has 2 aromatic heterocycles. The maximum atomic E-state index is 6.24.